The van der Waals surface area contributed by atoms with E-state index in [9.17, 15) is 0 Å². The molecule has 2 rings (SSSR count). The second-order valence-corrected chi connectivity index (χ2v) is 6.00. The third kappa shape index (κ3) is 6.80. The van der Waals surface area contributed by atoms with Crippen LogP contribution in [0.2, 0.25) is 0 Å². The number of nitrogens with zero attached hydrogens (tertiary/aromatic N) is 3. The highest BCUT2D eigenvalue weighted by Gasteiger charge is 2.12. The Balaban J connectivity index is 0.00000288. The van der Waals surface area contributed by atoms with Crippen LogP contribution >= 0.6 is 24.0 Å². The number of nitrogens with one attached hydrogen (secondary N) is 2. The molecule has 7 heteroatoms. The number of anilines is 1. The lowest BCUT2D eigenvalue weighted by Crippen LogP contribution is -2.43. The highest BCUT2D eigenvalue weighted by atomic mass is 127. The van der Waals surface area contributed by atoms with E-state index in [-0.39, 0.29) is 30.0 Å². The summed E-state index contributed by atoms with van der Waals surface area (Å²) in [6, 6.07) is 4.43. The van der Waals surface area contributed by atoms with Gasteiger partial charge in [-0.1, -0.05) is 0 Å². The molecule has 1 unspecified atom stereocenters. The van der Waals surface area contributed by atoms with Crippen molar-refractivity contribution in [3.05, 3.63) is 23.9 Å². The van der Waals surface area contributed by atoms with Crippen LogP contribution in [0.15, 0.2) is 23.3 Å². The van der Waals surface area contributed by atoms with Crippen molar-refractivity contribution < 1.29 is 4.74 Å². The molecule has 0 radical (unpaired) electrons. The molecule has 0 aliphatic carbocycles. The van der Waals surface area contributed by atoms with Crippen molar-refractivity contribution in [3.8, 4) is 0 Å². The van der Waals surface area contributed by atoms with Crippen LogP contribution < -0.4 is 15.5 Å². The third-order valence-electron chi connectivity index (χ3n) is 3.97. The summed E-state index contributed by atoms with van der Waals surface area (Å²) in [4.78, 5) is 11.1. The van der Waals surface area contributed by atoms with Crippen molar-refractivity contribution in [2.24, 2.45) is 4.99 Å². The Labute approximate surface area is 162 Å². The van der Waals surface area contributed by atoms with Gasteiger partial charge >= 0.3 is 0 Å². The fourth-order valence-electron chi connectivity index (χ4n) is 2.77. The highest BCUT2D eigenvalue weighted by Crippen LogP contribution is 2.18. The molecule has 0 spiro atoms. The van der Waals surface area contributed by atoms with E-state index in [0.29, 0.717) is 6.61 Å². The Morgan fingerprint density at radius 2 is 2.12 bits per heavy atom. The van der Waals surface area contributed by atoms with Gasteiger partial charge in [-0.25, -0.2) is 4.98 Å². The first-order valence-electron chi connectivity index (χ1n) is 8.39. The van der Waals surface area contributed by atoms with Gasteiger partial charge < -0.3 is 20.3 Å². The summed E-state index contributed by atoms with van der Waals surface area (Å²) in [7, 11) is 3.48. The average Bonchev–Trinajstić information content (AvgIpc) is 2.60. The number of aromatic nitrogens is 1. The zero-order valence-corrected chi connectivity index (χ0v) is 17.2. The fourth-order valence-corrected chi connectivity index (χ4v) is 2.77. The van der Waals surface area contributed by atoms with Gasteiger partial charge in [0.05, 0.1) is 6.61 Å². The quantitative estimate of drug-likeness (QED) is 0.399. The maximum atomic E-state index is 5.14. The lowest BCUT2D eigenvalue weighted by molar-refractivity contribution is 0.179. The standard InChI is InChI=1S/C17H29N5O.HI/c1-14(13-23-3)21-17(18-2)20-12-15-7-8-19-16(11-15)22-9-5-4-6-10-22;/h7-8,11,14H,4-6,9-10,12-13H2,1-3H3,(H2,18,20,21);1H. The van der Waals surface area contributed by atoms with Gasteiger partial charge in [0.15, 0.2) is 5.96 Å². The summed E-state index contributed by atoms with van der Waals surface area (Å²) >= 11 is 0. The number of halogens is 1. The van der Waals surface area contributed by atoms with Crippen LogP contribution in [0.5, 0.6) is 0 Å². The highest BCUT2D eigenvalue weighted by molar-refractivity contribution is 14.0. The minimum Gasteiger partial charge on any atom is -0.383 e. The van der Waals surface area contributed by atoms with Crippen molar-refractivity contribution in [1.29, 1.82) is 0 Å². The fraction of sp³-hybridized carbons (Fsp3) is 0.647. The SMILES string of the molecule is CN=C(NCc1ccnc(N2CCCCC2)c1)NC(C)COC.I. The molecule has 1 aromatic rings. The van der Waals surface area contributed by atoms with Gasteiger partial charge in [0.1, 0.15) is 5.82 Å². The first kappa shape index (κ1) is 21.0. The molecule has 1 aromatic heterocycles. The molecule has 0 amide bonds. The third-order valence-corrected chi connectivity index (χ3v) is 3.97. The first-order chi connectivity index (χ1) is 11.2. The lowest BCUT2D eigenvalue weighted by Gasteiger charge is -2.28. The van der Waals surface area contributed by atoms with Crippen LogP contribution in [0, 0.1) is 0 Å². The maximum absolute atomic E-state index is 5.14. The molecule has 2 heterocycles. The van der Waals surface area contributed by atoms with Crippen molar-refractivity contribution in [3.63, 3.8) is 0 Å². The topological polar surface area (TPSA) is 61.8 Å². The van der Waals surface area contributed by atoms with Gasteiger partial charge in [-0.3, -0.25) is 4.99 Å². The largest absolute Gasteiger partial charge is 0.383 e. The van der Waals surface area contributed by atoms with Gasteiger partial charge in [-0.15, -0.1) is 24.0 Å². The number of piperidine rings is 1. The minimum absolute atomic E-state index is 0. The summed E-state index contributed by atoms with van der Waals surface area (Å²) in [5, 5.41) is 6.65. The second kappa shape index (κ2) is 11.5. The summed E-state index contributed by atoms with van der Waals surface area (Å²) < 4.78 is 5.14. The zero-order chi connectivity index (χ0) is 16.5. The average molecular weight is 447 g/mol. The molecular weight excluding hydrogens is 417 g/mol. The molecule has 0 bridgehead atoms. The summed E-state index contributed by atoms with van der Waals surface area (Å²) in [5.41, 5.74) is 1.21. The number of hydrogen-bond donors (Lipinski definition) is 2. The predicted molar refractivity (Wildman–Crippen MR) is 110 cm³/mol. The monoisotopic (exact) mass is 447 g/mol. The van der Waals surface area contributed by atoms with Crippen LogP contribution in [0.3, 0.4) is 0 Å². The molecule has 1 fully saturated rings. The van der Waals surface area contributed by atoms with E-state index in [2.05, 4.69) is 38.5 Å². The van der Waals surface area contributed by atoms with Crippen LogP contribution in [-0.4, -0.2) is 50.8 Å². The van der Waals surface area contributed by atoms with Crippen molar-refractivity contribution >= 4 is 35.8 Å². The summed E-state index contributed by atoms with van der Waals surface area (Å²) in [6.07, 6.45) is 5.75. The van der Waals surface area contributed by atoms with Crippen molar-refractivity contribution in [2.45, 2.75) is 38.8 Å². The van der Waals surface area contributed by atoms with Gasteiger partial charge in [-0.05, 0) is 43.9 Å². The normalized spacial score (nSPS) is 16.3. The lowest BCUT2D eigenvalue weighted by atomic mass is 10.1. The van der Waals surface area contributed by atoms with Crippen molar-refractivity contribution in [2.75, 3.05) is 38.8 Å². The Bertz CT molecular complexity index is 506. The number of guanidine groups is 1. The van der Waals surface area contributed by atoms with E-state index in [4.69, 9.17) is 4.74 Å². The molecule has 1 aliphatic rings. The van der Waals surface area contributed by atoms with E-state index < -0.39 is 0 Å². The molecular formula is C17H30IN5O. The van der Waals surface area contributed by atoms with Crippen molar-refractivity contribution in [1.82, 2.24) is 15.6 Å². The molecule has 1 aliphatic heterocycles. The number of pyridine rings is 1. The molecule has 0 saturated carbocycles. The number of aliphatic imine (C=N–C) groups is 1. The maximum Gasteiger partial charge on any atom is 0.191 e. The molecule has 2 N–H and O–H groups in total. The number of rotatable bonds is 6. The Kier molecular flexibility index (Phi) is 10.0. The van der Waals surface area contributed by atoms with Gasteiger partial charge in [0.2, 0.25) is 0 Å². The van der Waals surface area contributed by atoms with E-state index in [1.165, 1.54) is 24.8 Å². The van der Waals surface area contributed by atoms with E-state index in [1.54, 1.807) is 14.2 Å². The molecule has 0 aromatic carbocycles. The Morgan fingerprint density at radius 3 is 2.79 bits per heavy atom. The first-order valence-corrected chi connectivity index (χ1v) is 8.39. The number of methoxy groups -OCH3 is 1. The van der Waals surface area contributed by atoms with E-state index >= 15 is 0 Å². The van der Waals surface area contributed by atoms with E-state index in [0.717, 1.165) is 31.4 Å². The van der Waals surface area contributed by atoms with Gasteiger partial charge in [0.25, 0.3) is 0 Å². The molecule has 1 saturated heterocycles. The predicted octanol–water partition coefficient (Wildman–Crippen LogP) is 2.39. The molecule has 136 valence electrons. The van der Waals surface area contributed by atoms with Crippen LogP contribution in [-0.2, 0) is 11.3 Å². The van der Waals surface area contributed by atoms with Crippen LogP contribution in [0.25, 0.3) is 0 Å². The second-order valence-electron chi connectivity index (χ2n) is 6.00. The summed E-state index contributed by atoms with van der Waals surface area (Å²) in [5.74, 6) is 1.87. The van der Waals surface area contributed by atoms with Gasteiger partial charge in [-0.2, -0.15) is 0 Å². The number of hydrogen-bond acceptors (Lipinski definition) is 4. The molecule has 1 atom stereocenters. The molecule has 24 heavy (non-hydrogen) atoms. The minimum atomic E-state index is 0. The van der Waals surface area contributed by atoms with Gasteiger partial charge in [0, 0.05) is 46.0 Å². The number of ether oxygens (including phenoxy) is 1. The Hall–Kier alpha value is -1.09. The molecule has 6 nitrogen and oxygen atoms in total. The Morgan fingerprint density at radius 1 is 1.38 bits per heavy atom. The van der Waals surface area contributed by atoms with Crippen LogP contribution in [0.4, 0.5) is 5.82 Å². The summed E-state index contributed by atoms with van der Waals surface area (Å²) in [6.45, 7) is 5.67. The smallest absolute Gasteiger partial charge is 0.191 e. The van der Waals surface area contributed by atoms with Crippen LogP contribution in [0.1, 0.15) is 31.7 Å². The zero-order valence-electron chi connectivity index (χ0n) is 14.9. The van der Waals surface area contributed by atoms with E-state index in [1.807, 2.05) is 12.3 Å².